The van der Waals surface area contributed by atoms with E-state index < -0.39 is 11.5 Å². The fourth-order valence-electron chi connectivity index (χ4n) is 3.41. The summed E-state index contributed by atoms with van der Waals surface area (Å²) in [6.07, 6.45) is 2.39. The second-order valence-electron chi connectivity index (χ2n) is 6.45. The lowest BCUT2D eigenvalue weighted by molar-refractivity contribution is -0.139. The Hall–Kier alpha value is -1.57. The lowest BCUT2D eigenvalue weighted by atomic mass is 10.0. The van der Waals surface area contributed by atoms with E-state index >= 15 is 0 Å². The predicted octanol–water partition coefficient (Wildman–Crippen LogP) is 1.17. The van der Waals surface area contributed by atoms with Crippen LogP contribution >= 0.6 is 0 Å². The number of halogens is 1. The van der Waals surface area contributed by atoms with Crippen LogP contribution in [-0.4, -0.2) is 78.8 Å². The number of rotatable bonds is 3. The maximum Gasteiger partial charge on any atom is 0.254 e. The van der Waals surface area contributed by atoms with Crippen LogP contribution in [-0.2, 0) is 9.47 Å². The third kappa shape index (κ3) is 3.91. The van der Waals surface area contributed by atoms with Crippen molar-refractivity contribution < 1.29 is 18.7 Å². The van der Waals surface area contributed by atoms with E-state index in [2.05, 4.69) is 16.8 Å². The van der Waals surface area contributed by atoms with Gasteiger partial charge in [-0.05, 0) is 19.0 Å². The van der Waals surface area contributed by atoms with Crippen molar-refractivity contribution in [2.45, 2.75) is 18.9 Å². The molecule has 0 radical (unpaired) electrons. The number of morpholine rings is 1. The van der Waals surface area contributed by atoms with Crippen LogP contribution in [0, 0.1) is 5.95 Å². The van der Waals surface area contributed by atoms with Gasteiger partial charge in [0, 0.05) is 37.5 Å². The minimum absolute atomic E-state index is 0.211. The lowest BCUT2D eigenvalue weighted by Gasteiger charge is -2.43. The largest absolute Gasteiger partial charge is 0.376 e. The first-order chi connectivity index (χ1) is 11.6. The highest BCUT2D eigenvalue weighted by Gasteiger charge is 2.41. The van der Waals surface area contributed by atoms with Crippen LogP contribution in [0.5, 0.6) is 0 Å². The normalized spacial score (nSPS) is 25.7. The first-order valence-electron chi connectivity index (χ1n) is 8.47. The van der Waals surface area contributed by atoms with Gasteiger partial charge in [0.2, 0.25) is 5.95 Å². The van der Waals surface area contributed by atoms with E-state index in [0.717, 1.165) is 26.1 Å². The zero-order valence-corrected chi connectivity index (χ0v) is 14.0. The summed E-state index contributed by atoms with van der Waals surface area (Å²) in [5, 5.41) is 0. The van der Waals surface area contributed by atoms with Gasteiger partial charge in [-0.15, -0.1) is 0 Å². The van der Waals surface area contributed by atoms with E-state index in [0.29, 0.717) is 38.5 Å². The molecule has 24 heavy (non-hydrogen) atoms. The second kappa shape index (κ2) is 7.55. The van der Waals surface area contributed by atoms with Crippen molar-refractivity contribution in [3.05, 3.63) is 29.8 Å². The SMILES string of the molecule is CCCN1CCOC2(COCCN(C(=O)c3ccnc(F)c3)C2)C1. The standard InChI is InChI=1S/C17H24FN3O3/c1-2-5-20-6-9-24-17(11-20)12-21(7-8-23-13-17)16(22)14-3-4-19-15(18)10-14/h3-4,10H,2,5-9,11-13H2,1H3. The zero-order chi connectivity index (χ0) is 17.0. The molecule has 0 saturated carbocycles. The first kappa shape index (κ1) is 17.3. The van der Waals surface area contributed by atoms with Crippen molar-refractivity contribution >= 4 is 5.91 Å². The molecule has 3 heterocycles. The summed E-state index contributed by atoms with van der Waals surface area (Å²) < 4.78 is 25.1. The highest BCUT2D eigenvalue weighted by Crippen LogP contribution is 2.24. The Morgan fingerprint density at radius 3 is 3.04 bits per heavy atom. The molecule has 2 aliphatic heterocycles. The van der Waals surface area contributed by atoms with Crippen LogP contribution in [0.15, 0.2) is 18.3 Å². The van der Waals surface area contributed by atoms with Crippen LogP contribution in [0.2, 0.25) is 0 Å². The van der Waals surface area contributed by atoms with Crippen molar-refractivity contribution in [2.75, 3.05) is 52.5 Å². The summed E-state index contributed by atoms with van der Waals surface area (Å²) in [4.78, 5) is 20.3. The van der Waals surface area contributed by atoms with Gasteiger partial charge in [-0.3, -0.25) is 9.69 Å². The van der Waals surface area contributed by atoms with E-state index in [-0.39, 0.29) is 5.91 Å². The summed E-state index contributed by atoms with van der Waals surface area (Å²) in [6.45, 7) is 7.30. The molecular weight excluding hydrogens is 313 g/mol. The Balaban J connectivity index is 1.76. The molecule has 3 rings (SSSR count). The molecule has 7 heteroatoms. The minimum atomic E-state index is -0.648. The average Bonchev–Trinajstić information content (AvgIpc) is 2.77. The molecule has 2 saturated heterocycles. The monoisotopic (exact) mass is 337 g/mol. The second-order valence-corrected chi connectivity index (χ2v) is 6.45. The topological polar surface area (TPSA) is 54.9 Å². The molecule has 2 aliphatic rings. The van der Waals surface area contributed by atoms with Gasteiger partial charge in [0.15, 0.2) is 0 Å². The highest BCUT2D eigenvalue weighted by atomic mass is 19.1. The number of amides is 1. The summed E-state index contributed by atoms with van der Waals surface area (Å²) in [7, 11) is 0. The molecule has 6 nitrogen and oxygen atoms in total. The Morgan fingerprint density at radius 2 is 2.25 bits per heavy atom. The molecule has 0 bridgehead atoms. The number of nitrogens with zero attached hydrogens (tertiary/aromatic N) is 3. The fraction of sp³-hybridized carbons (Fsp3) is 0.647. The van der Waals surface area contributed by atoms with Crippen molar-refractivity contribution in [2.24, 2.45) is 0 Å². The number of hydrogen-bond acceptors (Lipinski definition) is 5. The molecule has 132 valence electrons. The maximum atomic E-state index is 13.3. The van der Waals surface area contributed by atoms with Crippen LogP contribution in [0.3, 0.4) is 0 Å². The van der Waals surface area contributed by atoms with Gasteiger partial charge in [0.05, 0.1) is 26.4 Å². The molecular formula is C17H24FN3O3. The number of hydrogen-bond donors (Lipinski definition) is 0. The third-order valence-corrected chi connectivity index (χ3v) is 4.48. The molecule has 1 aromatic heterocycles. The van der Waals surface area contributed by atoms with Crippen LogP contribution in [0.25, 0.3) is 0 Å². The van der Waals surface area contributed by atoms with Crippen LogP contribution in [0.4, 0.5) is 4.39 Å². The first-order valence-corrected chi connectivity index (χ1v) is 8.47. The third-order valence-electron chi connectivity index (χ3n) is 4.48. The van der Waals surface area contributed by atoms with Gasteiger partial charge >= 0.3 is 0 Å². The molecule has 0 aromatic carbocycles. The van der Waals surface area contributed by atoms with Crippen molar-refractivity contribution in [3.8, 4) is 0 Å². The zero-order valence-electron chi connectivity index (χ0n) is 14.0. The fourth-order valence-corrected chi connectivity index (χ4v) is 3.41. The van der Waals surface area contributed by atoms with Gasteiger partial charge in [-0.2, -0.15) is 4.39 Å². The average molecular weight is 337 g/mol. The smallest absolute Gasteiger partial charge is 0.254 e. The van der Waals surface area contributed by atoms with Crippen molar-refractivity contribution in [1.29, 1.82) is 0 Å². The van der Waals surface area contributed by atoms with E-state index in [1.54, 1.807) is 4.90 Å². The van der Waals surface area contributed by atoms with E-state index in [1.165, 1.54) is 18.3 Å². The Bertz CT molecular complexity index is 584. The summed E-state index contributed by atoms with van der Waals surface area (Å²) in [5.74, 6) is -0.859. The van der Waals surface area contributed by atoms with Crippen LogP contribution in [0.1, 0.15) is 23.7 Å². The molecule has 0 aliphatic carbocycles. The lowest BCUT2D eigenvalue weighted by Crippen LogP contribution is -2.59. The molecule has 1 spiro atoms. The van der Waals surface area contributed by atoms with Crippen molar-refractivity contribution in [1.82, 2.24) is 14.8 Å². The molecule has 1 atom stereocenters. The number of ether oxygens (including phenoxy) is 2. The van der Waals surface area contributed by atoms with Gasteiger partial charge < -0.3 is 14.4 Å². The van der Waals surface area contributed by atoms with Crippen LogP contribution < -0.4 is 0 Å². The number of carbonyl (C=O) groups excluding carboxylic acids is 1. The quantitative estimate of drug-likeness (QED) is 0.775. The van der Waals surface area contributed by atoms with Gasteiger partial charge in [-0.25, -0.2) is 4.98 Å². The molecule has 1 amide bonds. The maximum absolute atomic E-state index is 13.3. The Morgan fingerprint density at radius 1 is 1.38 bits per heavy atom. The Labute approximate surface area is 141 Å². The summed E-state index contributed by atoms with van der Waals surface area (Å²) >= 11 is 0. The minimum Gasteiger partial charge on any atom is -0.376 e. The van der Waals surface area contributed by atoms with Crippen molar-refractivity contribution in [3.63, 3.8) is 0 Å². The van der Waals surface area contributed by atoms with E-state index in [9.17, 15) is 9.18 Å². The predicted molar refractivity (Wildman–Crippen MR) is 86.3 cm³/mol. The Kier molecular flexibility index (Phi) is 5.43. The van der Waals surface area contributed by atoms with E-state index in [4.69, 9.17) is 9.47 Å². The highest BCUT2D eigenvalue weighted by molar-refractivity contribution is 5.94. The van der Waals surface area contributed by atoms with Gasteiger partial charge in [0.25, 0.3) is 5.91 Å². The number of pyridine rings is 1. The molecule has 1 aromatic rings. The number of aromatic nitrogens is 1. The number of carbonyl (C=O) groups is 1. The molecule has 1 unspecified atom stereocenters. The summed E-state index contributed by atoms with van der Waals surface area (Å²) in [6, 6.07) is 2.71. The van der Waals surface area contributed by atoms with Gasteiger partial charge in [-0.1, -0.05) is 6.92 Å². The van der Waals surface area contributed by atoms with E-state index in [1.807, 2.05) is 0 Å². The van der Waals surface area contributed by atoms with Gasteiger partial charge in [0.1, 0.15) is 5.60 Å². The molecule has 2 fully saturated rings. The molecule has 0 N–H and O–H groups in total. The summed E-state index contributed by atoms with van der Waals surface area (Å²) in [5.41, 5.74) is -0.203.